The number of Topliss-reactive ketones (excluding diaryl/α,β-unsaturated/α-hetero) is 1. The fraction of sp³-hybridized carbons (Fsp3) is 0.900. The molecule has 0 aliphatic carbocycles. The van der Waals surface area contributed by atoms with Crippen molar-refractivity contribution in [1.82, 2.24) is 0 Å². The number of carbonyl (C=O) groups excluding carboxylic acids is 1. The number of hydrogen-bond acceptors (Lipinski definition) is 6. The molecular formula is C10H16BO5S. The number of fused-ring (bicyclic) bond motifs is 1. The van der Waals surface area contributed by atoms with Crippen LogP contribution in [0.25, 0.3) is 0 Å². The van der Waals surface area contributed by atoms with Crippen molar-refractivity contribution in [2.75, 3.05) is 6.61 Å². The first-order valence-electron chi connectivity index (χ1n) is 6.04. The zero-order valence-electron chi connectivity index (χ0n) is 11.0. The molecule has 95 valence electrons. The molecule has 1 radical (unpaired) electrons. The topological polar surface area (TPSA) is 54.0 Å². The van der Waals surface area contributed by atoms with Gasteiger partial charge in [0.1, 0.15) is 18.8 Å². The van der Waals surface area contributed by atoms with Crippen LogP contribution in [0.5, 0.6) is 0 Å². The largest absolute Gasteiger partial charge is 0.341 e. The molecule has 2 rings (SSSR count). The van der Waals surface area contributed by atoms with Crippen LogP contribution in [0.3, 0.4) is 0 Å². The van der Waals surface area contributed by atoms with Crippen LogP contribution in [0.4, 0.5) is 0 Å². The summed E-state index contributed by atoms with van der Waals surface area (Å²) in [6.45, 7) is 5.46. The maximum absolute atomic E-state index is 11.9. The maximum atomic E-state index is 11.9. The molecule has 2 aliphatic heterocycles. The van der Waals surface area contributed by atoms with Gasteiger partial charge in [-0.1, -0.05) is 18.8 Å². The van der Waals surface area contributed by atoms with Gasteiger partial charge in [-0.05, 0) is 15.2 Å². The summed E-state index contributed by atoms with van der Waals surface area (Å²) in [6, 6.07) is 0. The fourth-order valence-corrected chi connectivity index (χ4v) is 2.39. The molecule has 0 spiro atoms. The normalized spacial score (nSPS) is 39.8. The number of rotatable bonds is 5. The number of carbonyl (C=O) groups is 1. The molecule has 5 nitrogen and oxygen atoms in total. The minimum absolute atomic E-state index is 0.0714. The smallest absolute Gasteiger partial charge is 0.209 e. The summed E-state index contributed by atoms with van der Waals surface area (Å²) < 4.78 is 28.6. The second kappa shape index (κ2) is 4.89. The van der Waals surface area contributed by atoms with E-state index >= 15 is 0 Å². The predicted octanol–water partition coefficient (Wildman–Crippen LogP) is 0.549. The van der Waals surface area contributed by atoms with Gasteiger partial charge in [-0.25, -0.2) is 0 Å². The van der Waals surface area contributed by atoms with Crippen LogP contribution >= 0.6 is 11.9 Å². The highest BCUT2D eigenvalue weighted by Crippen LogP contribution is 2.40. The highest BCUT2D eigenvalue weighted by Gasteiger charge is 2.54. The molecule has 2 saturated heterocycles. The Kier molecular flexibility index (Phi) is 3.45. The Morgan fingerprint density at radius 1 is 1.59 bits per heavy atom. The summed E-state index contributed by atoms with van der Waals surface area (Å²) >= 11 is 0.820. The van der Waals surface area contributed by atoms with Gasteiger partial charge in [0.2, 0.25) is 7.09 Å². The van der Waals surface area contributed by atoms with E-state index in [1.807, 2.05) is 20.8 Å². The average Bonchev–Trinajstić information content (AvgIpc) is 2.74. The first-order chi connectivity index (χ1) is 8.44. The first kappa shape index (κ1) is 12.0. The van der Waals surface area contributed by atoms with E-state index in [0.29, 0.717) is 0 Å². The molecule has 0 aromatic carbocycles. The van der Waals surface area contributed by atoms with Gasteiger partial charge < -0.3 is 18.4 Å². The van der Waals surface area contributed by atoms with Gasteiger partial charge in [0.25, 0.3) is 0 Å². The van der Waals surface area contributed by atoms with Crippen molar-refractivity contribution < 1.29 is 23.2 Å². The molecule has 0 aromatic heterocycles. The summed E-state index contributed by atoms with van der Waals surface area (Å²) in [5, 5.41) is 0. The minimum atomic E-state index is -0.663. The number of ether oxygens (including phenoxy) is 3. The Morgan fingerprint density at radius 2 is 2.35 bits per heavy atom. The lowest BCUT2D eigenvalue weighted by Gasteiger charge is -2.22. The Labute approximate surface area is 107 Å². The van der Waals surface area contributed by atoms with Crippen LogP contribution in [0.1, 0.15) is 20.8 Å². The monoisotopic (exact) mass is 261 g/mol. The molecular weight excluding hydrogens is 243 g/mol. The van der Waals surface area contributed by atoms with E-state index in [1.54, 1.807) is 0 Å². The molecule has 0 bridgehead atoms. The van der Waals surface area contributed by atoms with E-state index in [0.717, 1.165) is 19.0 Å². The lowest BCUT2D eigenvalue weighted by Crippen LogP contribution is -2.34. The zero-order valence-corrected chi connectivity index (χ0v) is 10.9. The standard InChI is InChI=1S/C10H16BO5S/c1-5-7(6(12)4-13-17-11)14-9-8(5)15-10(2,3)16-9/h5,7-9,11H,4H2,1-3H3/t5-,7+,8?,9-/m1/s1/i11T. The van der Waals surface area contributed by atoms with Gasteiger partial charge in [0, 0.05) is 5.92 Å². The third-order valence-corrected chi connectivity index (χ3v) is 3.21. The van der Waals surface area contributed by atoms with Gasteiger partial charge in [-0.3, -0.25) is 4.79 Å². The number of hydrogen-bond donors (Lipinski definition) is 0. The van der Waals surface area contributed by atoms with E-state index in [9.17, 15) is 4.79 Å². The SMILES string of the molecule is [3H][B]SOCC(=O)[C@H]1O[C@@H]2OC(C)(C)OC2[C@@H]1C. The van der Waals surface area contributed by atoms with Crippen LogP contribution in [0.15, 0.2) is 0 Å². The molecule has 0 amide bonds. The van der Waals surface area contributed by atoms with Crippen molar-refractivity contribution in [2.24, 2.45) is 5.92 Å². The second-order valence-electron chi connectivity index (χ2n) is 4.71. The Balaban J connectivity index is 1.89. The van der Waals surface area contributed by atoms with E-state index in [-0.39, 0.29) is 24.4 Å². The van der Waals surface area contributed by atoms with Crippen LogP contribution in [0, 0.1) is 5.92 Å². The van der Waals surface area contributed by atoms with Crippen LogP contribution in [-0.4, -0.2) is 45.1 Å². The van der Waals surface area contributed by atoms with Gasteiger partial charge in [-0.15, -0.1) is 0 Å². The van der Waals surface area contributed by atoms with E-state index in [2.05, 4.69) is 0 Å². The summed E-state index contributed by atoms with van der Waals surface area (Å²) in [5.74, 6) is -0.890. The molecule has 2 heterocycles. The van der Waals surface area contributed by atoms with Crippen LogP contribution in [0.2, 0.25) is 0 Å². The molecule has 2 fully saturated rings. The van der Waals surface area contributed by atoms with Crippen LogP contribution < -0.4 is 0 Å². The number of ketones is 1. The average molecular weight is 261 g/mol. The van der Waals surface area contributed by atoms with Crippen molar-refractivity contribution in [2.45, 2.75) is 45.1 Å². The first-order valence-corrected chi connectivity index (χ1v) is 6.27. The zero-order chi connectivity index (χ0) is 13.3. The summed E-state index contributed by atoms with van der Waals surface area (Å²) in [6.07, 6.45) is -1.27. The van der Waals surface area contributed by atoms with Crippen LogP contribution in [-0.2, 0) is 23.2 Å². The molecule has 17 heavy (non-hydrogen) atoms. The van der Waals surface area contributed by atoms with Crippen molar-refractivity contribution in [3.8, 4) is 0 Å². The molecule has 0 aromatic rings. The molecule has 0 N–H and O–H groups in total. The van der Waals surface area contributed by atoms with Gasteiger partial charge >= 0.3 is 0 Å². The Bertz CT molecular complexity index is 329. The molecule has 7 heteroatoms. The fourth-order valence-electron chi connectivity index (χ4n) is 2.20. The molecule has 1 unspecified atom stereocenters. The summed E-state index contributed by atoms with van der Waals surface area (Å²) in [4.78, 5) is 11.9. The second-order valence-corrected chi connectivity index (χ2v) is 5.14. The lowest BCUT2D eigenvalue weighted by atomic mass is 9.98. The molecule has 2 aliphatic rings. The van der Waals surface area contributed by atoms with Crippen molar-refractivity contribution in [1.29, 1.82) is 1.34 Å². The van der Waals surface area contributed by atoms with E-state index < -0.39 is 18.2 Å². The van der Waals surface area contributed by atoms with E-state index in [1.165, 1.54) is 0 Å². The van der Waals surface area contributed by atoms with E-state index in [4.69, 9.17) is 19.7 Å². The van der Waals surface area contributed by atoms with Gasteiger partial charge in [-0.2, -0.15) is 0 Å². The highest BCUT2D eigenvalue weighted by molar-refractivity contribution is 8.15. The van der Waals surface area contributed by atoms with Crippen molar-refractivity contribution in [3.63, 3.8) is 0 Å². The van der Waals surface area contributed by atoms with Crippen molar-refractivity contribution >= 4 is 24.8 Å². The quantitative estimate of drug-likeness (QED) is 0.409. The van der Waals surface area contributed by atoms with Gasteiger partial charge in [0.05, 0.1) is 0 Å². The molecule has 0 saturated carbocycles. The Morgan fingerprint density at radius 3 is 3.00 bits per heavy atom. The highest BCUT2D eigenvalue weighted by atomic mass is 32.2. The van der Waals surface area contributed by atoms with Gasteiger partial charge in [0.15, 0.2) is 17.9 Å². The molecule has 4 atom stereocenters. The lowest BCUT2D eigenvalue weighted by molar-refractivity contribution is -0.209. The van der Waals surface area contributed by atoms with Crippen molar-refractivity contribution in [3.05, 3.63) is 0 Å². The summed E-state index contributed by atoms with van der Waals surface area (Å²) in [7, 11) is 1.02. The predicted molar refractivity (Wildman–Crippen MR) is 63.6 cm³/mol. The summed E-state index contributed by atoms with van der Waals surface area (Å²) in [5.41, 5.74) is 0. The third-order valence-electron chi connectivity index (χ3n) is 2.95. The maximum Gasteiger partial charge on any atom is 0.209 e. The Hall–Kier alpha value is -0.0751. The third kappa shape index (κ3) is 2.68. The minimum Gasteiger partial charge on any atom is -0.341 e.